The fourth-order valence-corrected chi connectivity index (χ4v) is 3.39. The van der Waals surface area contributed by atoms with Crippen molar-refractivity contribution in [1.29, 1.82) is 0 Å². The zero-order valence-electron chi connectivity index (χ0n) is 18.8. The van der Waals surface area contributed by atoms with Gasteiger partial charge in [0.25, 0.3) is 11.5 Å². The monoisotopic (exact) mass is 496 g/mol. The Morgan fingerprint density at radius 1 is 1.26 bits per heavy atom. The maximum atomic E-state index is 12.3. The van der Waals surface area contributed by atoms with Gasteiger partial charge in [-0.3, -0.25) is 24.2 Å². The fraction of sp³-hybridized carbons (Fsp3) is 0.300. The second kappa shape index (κ2) is 12.2. The number of hydrogen-bond donors (Lipinski definition) is 7. The molecule has 180 valence electrons. The van der Waals surface area contributed by atoms with E-state index in [-0.39, 0.29) is 65.5 Å². The minimum absolute atomic E-state index is 0. The Labute approximate surface area is 220 Å². The number of hydrogen-bond acceptors (Lipinski definition) is 9. The van der Waals surface area contributed by atoms with Crippen molar-refractivity contribution in [3.63, 3.8) is 0 Å². The van der Waals surface area contributed by atoms with E-state index in [1.807, 2.05) is 0 Å². The van der Waals surface area contributed by atoms with Gasteiger partial charge in [0.1, 0.15) is 6.04 Å². The number of benzene rings is 1. The largest absolute Gasteiger partial charge is 1.00 e. The predicted molar refractivity (Wildman–Crippen MR) is 121 cm³/mol. The summed E-state index contributed by atoms with van der Waals surface area (Å²) in [5.41, 5.74) is 5.84. The van der Waals surface area contributed by atoms with Gasteiger partial charge in [0.2, 0.25) is 12.4 Å². The zero-order chi connectivity index (χ0) is 24.8. The molecule has 0 saturated carbocycles. The van der Waals surface area contributed by atoms with E-state index >= 15 is 0 Å². The van der Waals surface area contributed by atoms with Crippen molar-refractivity contribution in [2.75, 3.05) is 34.4 Å². The van der Waals surface area contributed by atoms with Crippen LogP contribution in [0, 0.1) is 0 Å². The molecule has 1 aliphatic rings. The van der Waals surface area contributed by atoms with Crippen LogP contribution in [0.3, 0.4) is 0 Å². The number of carboxylic acid groups (broad SMARTS) is 2. The summed E-state index contributed by atoms with van der Waals surface area (Å²) in [5.74, 6) is -3.00. The Kier molecular flexibility index (Phi) is 9.62. The molecule has 3 rings (SSSR count). The molecule has 0 bridgehead atoms. The molecule has 8 N–H and O–H groups in total. The van der Waals surface area contributed by atoms with Crippen LogP contribution in [-0.2, 0) is 14.4 Å². The van der Waals surface area contributed by atoms with Crippen LogP contribution in [-0.4, -0.2) is 69.6 Å². The maximum Gasteiger partial charge on any atom is 1.00 e. The fourth-order valence-electron chi connectivity index (χ4n) is 3.39. The summed E-state index contributed by atoms with van der Waals surface area (Å²) in [6.45, 7) is 0.568. The van der Waals surface area contributed by atoms with Crippen molar-refractivity contribution >= 4 is 47.4 Å². The Hall–Kier alpha value is -3.62. The van der Waals surface area contributed by atoms with Crippen LogP contribution in [0.1, 0.15) is 23.2 Å². The first-order valence-corrected chi connectivity index (χ1v) is 10.2. The van der Waals surface area contributed by atoms with Crippen LogP contribution in [0.2, 0.25) is 0 Å². The van der Waals surface area contributed by atoms with Crippen LogP contribution in [0.25, 0.3) is 0 Å². The molecule has 35 heavy (non-hydrogen) atoms. The van der Waals surface area contributed by atoms with E-state index in [9.17, 15) is 29.1 Å². The number of aromatic nitrogens is 2. The number of carbonyl (C=O) groups is 4. The van der Waals surface area contributed by atoms with E-state index in [4.69, 9.17) is 10.8 Å². The van der Waals surface area contributed by atoms with E-state index in [1.54, 1.807) is 12.1 Å². The van der Waals surface area contributed by atoms with E-state index in [0.717, 1.165) is 0 Å². The topological polar surface area (TPSA) is 220 Å². The van der Waals surface area contributed by atoms with Gasteiger partial charge in [-0.15, -0.1) is 0 Å². The Balaban J connectivity index is 0.00000432. The third kappa shape index (κ3) is 6.94. The number of anilines is 4. The number of aliphatic carboxylic acids is 2. The number of carboxylic acids is 2. The number of rotatable bonds is 10. The molecule has 2 atom stereocenters. The summed E-state index contributed by atoms with van der Waals surface area (Å²) in [6, 6.07) is 4.36. The van der Waals surface area contributed by atoms with Crippen LogP contribution < -0.4 is 61.7 Å². The molecular formula is C20H23N7NaO7+. The molecule has 1 unspecified atom stereocenters. The van der Waals surface area contributed by atoms with Crippen molar-refractivity contribution in [3.8, 4) is 0 Å². The van der Waals surface area contributed by atoms with E-state index in [0.29, 0.717) is 18.6 Å². The summed E-state index contributed by atoms with van der Waals surface area (Å²) >= 11 is 0. The molecule has 0 spiro atoms. The Morgan fingerprint density at radius 3 is 2.54 bits per heavy atom. The molecule has 1 aromatic heterocycles. The summed E-state index contributed by atoms with van der Waals surface area (Å²) in [7, 11) is 0. The summed E-state index contributed by atoms with van der Waals surface area (Å²) in [4.78, 5) is 65.7. The van der Waals surface area contributed by atoms with Gasteiger partial charge in [-0.05, 0) is 30.7 Å². The normalized spacial score (nSPS) is 15.0. The molecule has 2 heterocycles. The molecule has 0 radical (unpaired) electrons. The standard InChI is InChI=1S/C20H23N7O7.Na/c21-20-25-16-15(18(32)26-20)27(9-28)12(8-23-16)7-22-11-3-1-10(2-4-11)17(31)24-13(19(33)34)5-6-14(29)30;/h1-4,9,12-13,22H,5-8H2,(H,24,31)(H,29,30)(H,33,34)(H4,21,23,25,26,32);/q;+1/t12-,13?;/m0./s1. The first-order chi connectivity index (χ1) is 16.2. The van der Waals surface area contributed by atoms with Gasteiger partial charge in [-0.1, -0.05) is 0 Å². The summed E-state index contributed by atoms with van der Waals surface area (Å²) in [5, 5.41) is 26.3. The summed E-state index contributed by atoms with van der Waals surface area (Å²) < 4.78 is 0. The number of H-pyrrole nitrogens is 1. The minimum Gasteiger partial charge on any atom is -0.481 e. The third-order valence-electron chi connectivity index (χ3n) is 5.12. The predicted octanol–water partition coefficient (Wildman–Crippen LogP) is -3.73. The number of aromatic amines is 1. The van der Waals surface area contributed by atoms with Crippen molar-refractivity contribution in [3.05, 3.63) is 40.2 Å². The van der Waals surface area contributed by atoms with Crippen LogP contribution in [0.4, 0.5) is 23.1 Å². The minimum atomic E-state index is -1.33. The van der Waals surface area contributed by atoms with Gasteiger partial charge in [-0.2, -0.15) is 4.98 Å². The number of nitrogens with zero attached hydrogens (tertiary/aromatic N) is 2. The van der Waals surface area contributed by atoms with E-state index in [1.165, 1.54) is 17.0 Å². The van der Waals surface area contributed by atoms with E-state index < -0.39 is 41.9 Å². The average molecular weight is 496 g/mol. The smallest absolute Gasteiger partial charge is 0.481 e. The number of nitrogens with two attached hydrogens (primary N) is 1. The molecule has 0 aliphatic carbocycles. The number of amides is 2. The number of nitrogens with one attached hydrogen (secondary N) is 4. The molecule has 0 saturated heterocycles. The van der Waals surface area contributed by atoms with Gasteiger partial charge < -0.3 is 36.8 Å². The Morgan fingerprint density at radius 2 is 1.94 bits per heavy atom. The molecule has 0 fully saturated rings. The maximum absolute atomic E-state index is 12.3. The molecule has 2 aromatic rings. The Bertz CT molecular complexity index is 1160. The zero-order valence-corrected chi connectivity index (χ0v) is 20.8. The first-order valence-electron chi connectivity index (χ1n) is 10.2. The van der Waals surface area contributed by atoms with Gasteiger partial charge in [0, 0.05) is 30.8 Å². The van der Waals surface area contributed by atoms with Crippen LogP contribution in [0.15, 0.2) is 29.1 Å². The van der Waals surface area contributed by atoms with Crippen molar-refractivity contribution in [1.82, 2.24) is 15.3 Å². The quantitative estimate of drug-likeness (QED) is 0.125. The SMILES string of the molecule is Nc1nc2c(c(=O)[nH]1)N(C=O)[C@@H](CNc1ccc(C(=O)NC(CCC(=O)O)C(=O)O)cc1)CN2.[Na+]. The van der Waals surface area contributed by atoms with Crippen LogP contribution >= 0.6 is 0 Å². The molecule has 14 nitrogen and oxygen atoms in total. The van der Waals surface area contributed by atoms with Gasteiger partial charge in [0.15, 0.2) is 11.5 Å². The second-order valence-corrected chi connectivity index (χ2v) is 7.45. The third-order valence-corrected chi connectivity index (χ3v) is 5.12. The van der Waals surface area contributed by atoms with Gasteiger partial charge in [0.05, 0.1) is 6.04 Å². The number of carbonyl (C=O) groups excluding carboxylic acids is 2. The molecular weight excluding hydrogens is 473 g/mol. The number of fused-ring (bicyclic) bond motifs is 1. The number of nitrogen functional groups attached to an aromatic ring is 1. The van der Waals surface area contributed by atoms with Crippen molar-refractivity contribution < 1.29 is 58.9 Å². The molecule has 1 aliphatic heterocycles. The molecule has 2 amide bonds. The van der Waals surface area contributed by atoms with E-state index in [2.05, 4.69) is 25.9 Å². The van der Waals surface area contributed by atoms with Gasteiger partial charge in [-0.25, -0.2) is 4.79 Å². The van der Waals surface area contributed by atoms with Gasteiger partial charge >= 0.3 is 41.5 Å². The second-order valence-electron chi connectivity index (χ2n) is 7.45. The van der Waals surface area contributed by atoms with Crippen molar-refractivity contribution in [2.24, 2.45) is 0 Å². The van der Waals surface area contributed by atoms with Crippen molar-refractivity contribution in [2.45, 2.75) is 24.9 Å². The van der Waals surface area contributed by atoms with Crippen LogP contribution in [0.5, 0.6) is 0 Å². The average Bonchev–Trinajstić information content (AvgIpc) is 2.79. The summed E-state index contributed by atoms with van der Waals surface area (Å²) in [6.07, 6.45) is -0.101. The molecule has 15 heteroatoms. The molecule has 1 aromatic carbocycles. The first kappa shape index (κ1) is 27.6.